The van der Waals surface area contributed by atoms with Crippen molar-refractivity contribution in [3.05, 3.63) is 18.3 Å². The number of aromatic nitrogens is 1. The Labute approximate surface area is 98.9 Å². The number of anilines is 2. The molecule has 0 spiro atoms. The second-order valence-electron chi connectivity index (χ2n) is 3.86. The maximum absolute atomic E-state index is 4.29. The quantitative estimate of drug-likeness (QED) is 0.766. The average molecular weight is 221 g/mol. The molecule has 0 amide bonds. The van der Waals surface area contributed by atoms with Crippen LogP contribution in [0.3, 0.4) is 0 Å². The van der Waals surface area contributed by atoms with Crippen LogP contribution in [0.15, 0.2) is 18.3 Å². The molecule has 90 valence electrons. The summed E-state index contributed by atoms with van der Waals surface area (Å²) in [6, 6.07) is 4.21. The highest BCUT2D eigenvalue weighted by Crippen LogP contribution is 2.17. The molecule has 3 nitrogen and oxygen atoms in total. The van der Waals surface area contributed by atoms with Gasteiger partial charge in [-0.25, -0.2) is 4.98 Å². The van der Waals surface area contributed by atoms with Crippen LogP contribution in [0.1, 0.15) is 33.6 Å². The summed E-state index contributed by atoms with van der Waals surface area (Å²) in [7, 11) is 0. The van der Waals surface area contributed by atoms with Crippen LogP contribution in [0.5, 0.6) is 0 Å². The van der Waals surface area contributed by atoms with Crippen molar-refractivity contribution in [2.75, 3.05) is 29.9 Å². The molecule has 1 aromatic heterocycles. The third kappa shape index (κ3) is 3.72. The van der Waals surface area contributed by atoms with Crippen molar-refractivity contribution in [3.63, 3.8) is 0 Å². The van der Waals surface area contributed by atoms with Crippen molar-refractivity contribution in [1.82, 2.24) is 4.98 Å². The number of rotatable bonds is 7. The Morgan fingerprint density at radius 1 is 1.31 bits per heavy atom. The van der Waals surface area contributed by atoms with Gasteiger partial charge in [0.2, 0.25) is 0 Å². The van der Waals surface area contributed by atoms with Gasteiger partial charge >= 0.3 is 0 Å². The highest BCUT2D eigenvalue weighted by Gasteiger charge is 2.04. The monoisotopic (exact) mass is 221 g/mol. The van der Waals surface area contributed by atoms with E-state index in [1.54, 1.807) is 0 Å². The number of nitrogens with one attached hydrogen (secondary N) is 1. The van der Waals surface area contributed by atoms with Crippen molar-refractivity contribution < 1.29 is 0 Å². The molecule has 0 atom stereocenters. The van der Waals surface area contributed by atoms with E-state index in [-0.39, 0.29) is 0 Å². The van der Waals surface area contributed by atoms with E-state index >= 15 is 0 Å². The van der Waals surface area contributed by atoms with Gasteiger partial charge in [-0.2, -0.15) is 0 Å². The molecule has 0 unspecified atom stereocenters. The van der Waals surface area contributed by atoms with Crippen LogP contribution >= 0.6 is 0 Å². The molecule has 0 fully saturated rings. The summed E-state index contributed by atoms with van der Waals surface area (Å²) in [6.07, 6.45) is 4.36. The van der Waals surface area contributed by atoms with Crippen molar-refractivity contribution in [3.8, 4) is 0 Å². The van der Waals surface area contributed by atoms with Crippen LogP contribution in [-0.2, 0) is 0 Å². The van der Waals surface area contributed by atoms with Crippen LogP contribution in [0.4, 0.5) is 11.5 Å². The summed E-state index contributed by atoms with van der Waals surface area (Å²) >= 11 is 0. The zero-order valence-corrected chi connectivity index (χ0v) is 10.7. The van der Waals surface area contributed by atoms with E-state index < -0.39 is 0 Å². The highest BCUT2D eigenvalue weighted by atomic mass is 15.1. The predicted molar refractivity (Wildman–Crippen MR) is 71.2 cm³/mol. The zero-order chi connectivity index (χ0) is 11.8. The minimum absolute atomic E-state index is 0.914. The van der Waals surface area contributed by atoms with Gasteiger partial charge in [0.15, 0.2) is 0 Å². The first kappa shape index (κ1) is 12.8. The molecule has 1 heterocycles. The third-order valence-electron chi connectivity index (χ3n) is 2.63. The van der Waals surface area contributed by atoms with Gasteiger partial charge in [-0.3, -0.25) is 0 Å². The van der Waals surface area contributed by atoms with E-state index in [9.17, 15) is 0 Å². The first-order valence-corrected chi connectivity index (χ1v) is 6.26. The standard InChI is InChI=1S/C13H23N3/c1-4-7-10-16(6-3)12-8-9-15-13(11-12)14-5-2/h8-9,11H,4-7,10H2,1-3H3,(H,14,15). The summed E-state index contributed by atoms with van der Waals surface area (Å²) in [5.74, 6) is 0.968. The number of pyridine rings is 1. The predicted octanol–water partition coefficient (Wildman–Crippen LogP) is 3.14. The molecule has 16 heavy (non-hydrogen) atoms. The van der Waals surface area contributed by atoms with E-state index in [2.05, 4.69) is 48.1 Å². The molecule has 0 aliphatic rings. The maximum atomic E-state index is 4.29. The van der Waals surface area contributed by atoms with Gasteiger partial charge in [0.05, 0.1) is 0 Å². The fourth-order valence-corrected chi connectivity index (χ4v) is 1.71. The van der Waals surface area contributed by atoms with Gasteiger partial charge in [-0.15, -0.1) is 0 Å². The fraction of sp³-hybridized carbons (Fsp3) is 0.615. The van der Waals surface area contributed by atoms with Crippen LogP contribution in [0, 0.1) is 0 Å². The number of hydrogen-bond donors (Lipinski definition) is 1. The smallest absolute Gasteiger partial charge is 0.127 e. The van der Waals surface area contributed by atoms with Crippen LogP contribution in [0.25, 0.3) is 0 Å². The van der Waals surface area contributed by atoms with Crippen molar-refractivity contribution in [2.45, 2.75) is 33.6 Å². The molecule has 1 rings (SSSR count). The highest BCUT2D eigenvalue weighted by molar-refractivity contribution is 5.53. The minimum atomic E-state index is 0.914. The summed E-state index contributed by atoms with van der Waals surface area (Å²) in [4.78, 5) is 6.68. The number of nitrogens with zero attached hydrogens (tertiary/aromatic N) is 2. The Kier molecular flexibility index (Phi) is 5.68. The molecule has 0 aliphatic carbocycles. The Bertz CT molecular complexity index is 299. The molecule has 0 bridgehead atoms. The molecular weight excluding hydrogens is 198 g/mol. The SMILES string of the molecule is CCCCN(CC)c1ccnc(NCC)c1. The molecule has 0 radical (unpaired) electrons. The Balaban J connectivity index is 2.71. The van der Waals surface area contributed by atoms with Crippen LogP contribution in [-0.4, -0.2) is 24.6 Å². The van der Waals surface area contributed by atoms with Gasteiger partial charge in [-0.1, -0.05) is 13.3 Å². The summed E-state index contributed by atoms with van der Waals surface area (Å²) in [5.41, 5.74) is 1.27. The van der Waals surface area contributed by atoms with Crippen molar-refractivity contribution in [2.24, 2.45) is 0 Å². The second kappa shape index (κ2) is 7.09. The molecule has 0 aliphatic heterocycles. The number of hydrogen-bond acceptors (Lipinski definition) is 3. The first-order chi connectivity index (χ1) is 7.81. The van der Waals surface area contributed by atoms with Gasteiger partial charge in [0.25, 0.3) is 0 Å². The molecule has 0 saturated heterocycles. The third-order valence-corrected chi connectivity index (χ3v) is 2.63. The van der Waals surface area contributed by atoms with Crippen LogP contribution < -0.4 is 10.2 Å². The lowest BCUT2D eigenvalue weighted by Gasteiger charge is -2.23. The van der Waals surface area contributed by atoms with Gasteiger partial charge in [-0.05, 0) is 26.3 Å². The molecule has 3 heteroatoms. The normalized spacial score (nSPS) is 10.2. The van der Waals surface area contributed by atoms with Gasteiger partial charge in [0.1, 0.15) is 5.82 Å². The van der Waals surface area contributed by atoms with Crippen molar-refractivity contribution in [1.29, 1.82) is 0 Å². The lowest BCUT2D eigenvalue weighted by Crippen LogP contribution is -2.23. The van der Waals surface area contributed by atoms with E-state index in [4.69, 9.17) is 0 Å². The Morgan fingerprint density at radius 2 is 2.12 bits per heavy atom. The lowest BCUT2D eigenvalue weighted by atomic mass is 10.2. The van der Waals surface area contributed by atoms with Crippen LogP contribution in [0.2, 0.25) is 0 Å². The van der Waals surface area contributed by atoms with E-state index in [1.165, 1.54) is 18.5 Å². The topological polar surface area (TPSA) is 28.2 Å². The van der Waals surface area contributed by atoms with Crippen molar-refractivity contribution >= 4 is 11.5 Å². The first-order valence-electron chi connectivity index (χ1n) is 6.26. The molecular formula is C13H23N3. The number of unbranched alkanes of at least 4 members (excludes halogenated alkanes) is 1. The zero-order valence-electron chi connectivity index (χ0n) is 10.7. The van der Waals surface area contributed by atoms with Gasteiger partial charge in [0, 0.05) is 37.6 Å². The van der Waals surface area contributed by atoms with E-state index in [1.807, 2.05) is 6.20 Å². The lowest BCUT2D eigenvalue weighted by molar-refractivity contribution is 0.732. The van der Waals surface area contributed by atoms with E-state index in [0.717, 1.165) is 25.5 Å². The van der Waals surface area contributed by atoms with E-state index in [0.29, 0.717) is 0 Å². The molecule has 1 aromatic rings. The summed E-state index contributed by atoms with van der Waals surface area (Å²) in [6.45, 7) is 9.60. The molecule has 1 N–H and O–H groups in total. The molecule has 0 saturated carbocycles. The maximum Gasteiger partial charge on any atom is 0.127 e. The van der Waals surface area contributed by atoms with Gasteiger partial charge < -0.3 is 10.2 Å². The molecule has 0 aromatic carbocycles. The summed E-state index contributed by atoms with van der Waals surface area (Å²) in [5, 5.41) is 3.25. The Morgan fingerprint density at radius 3 is 2.75 bits per heavy atom. The largest absolute Gasteiger partial charge is 0.372 e. The minimum Gasteiger partial charge on any atom is -0.372 e. The average Bonchev–Trinajstić information content (AvgIpc) is 2.31. The fourth-order valence-electron chi connectivity index (χ4n) is 1.71. The summed E-state index contributed by atoms with van der Waals surface area (Å²) < 4.78 is 0. The Hall–Kier alpha value is -1.25. The second-order valence-corrected chi connectivity index (χ2v) is 3.86.